The number of nitrogens with zero attached hydrogens (tertiary/aromatic N) is 4. The van der Waals surface area contributed by atoms with Gasteiger partial charge in [0.2, 0.25) is 5.91 Å². The number of hydrogen-bond donors (Lipinski definition) is 2. The SMILES string of the molecule is CC(=O)N1CCN(CCOCc2ccn(-c3ccc(F)c(F)c3)n2)CC1.O=C(O)/C=C\C(=O)O. The smallest absolute Gasteiger partial charge is 0.328 e. The van der Waals surface area contributed by atoms with Crippen molar-refractivity contribution in [2.45, 2.75) is 13.5 Å². The summed E-state index contributed by atoms with van der Waals surface area (Å²) >= 11 is 0. The van der Waals surface area contributed by atoms with Crippen molar-refractivity contribution in [3.8, 4) is 5.69 Å². The third-order valence-corrected chi connectivity index (χ3v) is 4.80. The fourth-order valence-electron chi connectivity index (χ4n) is 3.01. The van der Waals surface area contributed by atoms with Gasteiger partial charge in [-0.25, -0.2) is 23.1 Å². The summed E-state index contributed by atoms with van der Waals surface area (Å²) in [6, 6.07) is 5.44. The van der Waals surface area contributed by atoms with E-state index in [0.717, 1.165) is 50.6 Å². The Hall–Kier alpha value is -3.64. The molecule has 12 heteroatoms. The number of halogens is 2. The number of aliphatic carboxylic acids is 2. The highest BCUT2D eigenvalue weighted by Gasteiger charge is 2.18. The van der Waals surface area contributed by atoms with Gasteiger partial charge < -0.3 is 19.8 Å². The zero-order chi connectivity index (χ0) is 25.1. The Morgan fingerprint density at radius 2 is 1.68 bits per heavy atom. The van der Waals surface area contributed by atoms with Crippen LogP contribution in [0.1, 0.15) is 12.6 Å². The van der Waals surface area contributed by atoms with Crippen LogP contribution in [-0.4, -0.2) is 87.0 Å². The normalized spacial score (nSPS) is 14.0. The first-order valence-electron chi connectivity index (χ1n) is 10.3. The summed E-state index contributed by atoms with van der Waals surface area (Å²) in [5, 5.41) is 19.9. The molecule has 1 saturated heterocycles. The molecule has 10 nitrogen and oxygen atoms in total. The van der Waals surface area contributed by atoms with Crippen molar-refractivity contribution in [1.29, 1.82) is 0 Å². The lowest BCUT2D eigenvalue weighted by atomic mass is 10.3. The molecule has 34 heavy (non-hydrogen) atoms. The maximum absolute atomic E-state index is 13.3. The van der Waals surface area contributed by atoms with E-state index in [9.17, 15) is 23.2 Å². The Morgan fingerprint density at radius 3 is 2.24 bits per heavy atom. The molecule has 0 spiro atoms. The molecule has 1 aliphatic rings. The van der Waals surface area contributed by atoms with Crippen molar-refractivity contribution >= 4 is 17.8 Å². The fraction of sp³-hybridized carbons (Fsp3) is 0.364. The average Bonchev–Trinajstić information content (AvgIpc) is 3.27. The van der Waals surface area contributed by atoms with Crippen LogP contribution in [0.25, 0.3) is 5.69 Å². The number of amides is 1. The van der Waals surface area contributed by atoms with Crippen molar-refractivity contribution in [2.75, 3.05) is 39.3 Å². The van der Waals surface area contributed by atoms with E-state index in [1.807, 2.05) is 4.90 Å². The third-order valence-electron chi connectivity index (χ3n) is 4.80. The van der Waals surface area contributed by atoms with Gasteiger partial charge in [0.15, 0.2) is 11.6 Å². The van der Waals surface area contributed by atoms with E-state index in [-0.39, 0.29) is 5.91 Å². The average molecular weight is 480 g/mol. The van der Waals surface area contributed by atoms with Gasteiger partial charge >= 0.3 is 11.9 Å². The number of rotatable bonds is 8. The third kappa shape index (κ3) is 9.08. The Bertz CT molecular complexity index is 1000. The van der Waals surface area contributed by atoms with E-state index in [1.54, 1.807) is 19.2 Å². The summed E-state index contributed by atoms with van der Waals surface area (Å²) in [7, 11) is 0. The number of aromatic nitrogens is 2. The van der Waals surface area contributed by atoms with Gasteiger partial charge in [-0.15, -0.1) is 0 Å². The summed E-state index contributed by atoms with van der Waals surface area (Å²) in [4.78, 5) is 34.5. The summed E-state index contributed by atoms with van der Waals surface area (Å²) in [6.07, 6.45) is 2.80. The van der Waals surface area contributed by atoms with E-state index < -0.39 is 23.6 Å². The summed E-state index contributed by atoms with van der Waals surface area (Å²) in [6.45, 7) is 6.54. The zero-order valence-electron chi connectivity index (χ0n) is 18.6. The number of carbonyl (C=O) groups excluding carboxylic acids is 1. The first-order valence-corrected chi connectivity index (χ1v) is 10.3. The Kier molecular flexibility index (Phi) is 10.3. The number of ether oxygens (including phenoxy) is 1. The van der Waals surface area contributed by atoms with E-state index in [2.05, 4.69) is 10.00 Å². The molecule has 1 aromatic carbocycles. The highest BCUT2D eigenvalue weighted by atomic mass is 19.2. The molecule has 1 aliphatic heterocycles. The van der Waals surface area contributed by atoms with Gasteiger partial charge in [0.05, 0.1) is 24.6 Å². The Labute approximate surface area is 194 Å². The van der Waals surface area contributed by atoms with Gasteiger partial charge in [-0.1, -0.05) is 0 Å². The first-order chi connectivity index (χ1) is 16.2. The molecule has 3 rings (SSSR count). The first kappa shape index (κ1) is 26.6. The zero-order valence-corrected chi connectivity index (χ0v) is 18.6. The minimum Gasteiger partial charge on any atom is -0.478 e. The second-order valence-electron chi connectivity index (χ2n) is 7.26. The predicted molar refractivity (Wildman–Crippen MR) is 116 cm³/mol. The van der Waals surface area contributed by atoms with Crippen LogP contribution in [0.15, 0.2) is 42.6 Å². The lowest BCUT2D eigenvalue weighted by Crippen LogP contribution is -2.48. The van der Waals surface area contributed by atoms with E-state index in [0.29, 0.717) is 31.1 Å². The number of carboxylic acid groups (broad SMARTS) is 2. The van der Waals surface area contributed by atoms with Crippen LogP contribution in [0.5, 0.6) is 0 Å². The molecule has 0 saturated carbocycles. The molecule has 1 fully saturated rings. The second-order valence-corrected chi connectivity index (χ2v) is 7.26. The molecule has 184 valence electrons. The van der Waals surface area contributed by atoms with Gasteiger partial charge in [0, 0.05) is 64.1 Å². The van der Waals surface area contributed by atoms with Gasteiger partial charge in [0.25, 0.3) is 0 Å². The molecule has 2 heterocycles. The molecule has 0 aliphatic carbocycles. The van der Waals surface area contributed by atoms with Crippen LogP contribution in [0.2, 0.25) is 0 Å². The molecular formula is C22H26F2N4O6. The number of benzene rings is 1. The molecular weight excluding hydrogens is 454 g/mol. The van der Waals surface area contributed by atoms with Gasteiger partial charge in [-0.3, -0.25) is 9.69 Å². The highest BCUT2D eigenvalue weighted by Crippen LogP contribution is 2.13. The van der Waals surface area contributed by atoms with Crippen LogP contribution in [-0.2, 0) is 25.7 Å². The quantitative estimate of drug-likeness (QED) is 0.431. The molecule has 0 atom stereocenters. The second kappa shape index (κ2) is 13.2. The Balaban J connectivity index is 0.000000440. The minimum absolute atomic E-state index is 0.123. The van der Waals surface area contributed by atoms with E-state index in [1.165, 1.54) is 10.7 Å². The van der Waals surface area contributed by atoms with Crippen molar-refractivity contribution in [2.24, 2.45) is 0 Å². The predicted octanol–water partition coefficient (Wildman–Crippen LogP) is 1.54. The minimum atomic E-state index is -1.26. The molecule has 0 bridgehead atoms. The standard InChI is InChI=1S/C18H22F2N4O2.C4H4O4/c1-14(25)23-8-6-22(7-9-23)10-11-26-13-15-4-5-24(21-15)16-2-3-17(19)18(20)12-16;5-3(6)1-2-4(7)8/h2-5,12H,6-11,13H2,1H3;1-2H,(H,5,6)(H,7,8)/b;2-1-. The van der Waals surface area contributed by atoms with Crippen molar-refractivity contribution in [3.05, 3.63) is 59.9 Å². The molecule has 2 aromatic rings. The van der Waals surface area contributed by atoms with E-state index >= 15 is 0 Å². The summed E-state index contributed by atoms with van der Waals surface area (Å²) < 4.78 is 33.4. The molecule has 0 unspecified atom stereocenters. The maximum atomic E-state index is 13.3. The lowest BCUT2D eigenvalue weighted by molar-refractivity contribution is -0.134. The van der Waals surface area contributed by atoms with Crippen LogP contribution >= 0.6 is 0 Å². The van der Waals surface area contributed by atoms with Gasteiger partial charge in [-0.2, -0.15) is 5.10 Å². The highest BCUT2D eigenvalue weighted by molar-refractivity contribution is 5.89. The topological polar surface area (TPSA) is 125 Å². The number of carboxylic acids is 2. The molecule has 1 amide bonds. The lowest BCUT2D eigenvalue weighted by Gasteiger charge is -2.34. The van der Waals surface area contributed by atoms with Crippen molar-refractivity contribution < 1.29 is 38.1 Å². The largest absolute Gasteiger partial charge is 0.478 e. The Morgan fingerprint density at radius 1 is 1.03 bits per heavy atom. The van der Waals surface area contributed by atoms with Crippen molar-refractivity contribution in [3.63, 3.8) is 0 Å². The van der Waals surface area contributed by atoms with Gasteiger partial charge in [-0.05, 0) is 18.2 Å². The molecule has 0 radical (unpaired) electrons. The van der Waals surface area contributed by atoms with Crippen LogP contribution in [0.3, 0.4) is 0 Å². The molecule has 2 N–H and O–H groups in total. The van der Waals surface area contributed by atoms with Crippen LogP contribution in [0, 0.1) is 11.6 Å². The number of carbonyl (C=O) groups is 3. The van der Waals surface area contributed by atoms with Crippen LogP contribution in [0.4, 0.5) is 8.78 Å². The number of piperazine rings is 1. The summed E-state index contributed by atoms with van der Waals surface area (Å²) in [5.41, 5.74) is 1.18. The fourth-order valence-corrected chi connectivity index (χ4v) is 3.01. The van der Waals surface area contributed by atoms with Crippen molar-refractivity contribution in [1.82, 2.24) is 19.6 Å². The maximum Gasteiger partial charge on any atom is 0.328 e. The van der Waals surface area contributed by atoms with E-state index in [4.69, 9.17) is 14.9 Å². The molecule has 1 aromatic heterocycles. The van der Waals surface area contributed by atoms with Gasteiger partial charge in [0.1, 0.15) is 0 Å². The number of hydrogen-bond acceptors (Lipinski definition) is 6. The van der Waals surface area contributed by atoms with Crippen LogP contribution < -0.4 is 0 Å². The monoisotopic (exact) mass is 480 g/mol. The summed E-state index contributed by atoms with van der Waals surface area (Å²) in [5.74, 6) is -4.17.